The Bertz CT molecular complexity index is 1320. The third-order valence-electron chi connectivity index (χ3n) is 5.69. The molecule has 0 atom stereocenters. The van der Waals surface area contributed by atoms with E-state index in [1.807, 2.05) is 61.5 Å². The zero-order valence-corrected chi connectivity index (χ0v) is 19.0. The van der Waals surface area contributed by atoms with Crippen LogP contribution in [0.4, 0.5) is 0 Å². The molecule has 2 aromatic carbocycles. The number of nitrogens with zero attached hydrogens (tertiary/aromatic N) is 6. The highest BCUT2D eigenvalue weighted by Crippen LogP contribution is 2.20. The first kappa shape index (κ1) is 21.5. The first-order valence-corrected chi connectivity index (χ1v) is 12.2. The van der Waals surface area contributed by atoms with Gasteiger partial charge in [-0.2, -0.15) is 14.4 Å². The number of hydrogen-bond acceptors (Lipinski definition) is 7. The van der Waals surface area contributed by atoms with E-state index in [2.05, 4.69) is 20.1 Å². The Morgan fingerprint density at radius 3 is 2.42 bits per heavy atom. The van der Waals surface area contributed by atoms with Gasteiger partial charge in [-0.05, 0) is 19.1 Å². The van der Waals surface area contributed by atoms with Gasteiger partial charge in [-0.3, -0.25) is 4.90 Å². The third-order valence-corrected chi connectivity index (χ3v) is 7.54. The van der Waals surface area contributed by atoms with Crippen LogP contribution in [0.15, 0.2) is 76.4 Å². The van der Waals surface area contributed by atoms with Gasteiger partial charge in [0.25, 0.3) is 0 Å². The number of rotatable bonds is 6. The lowest BCUT2D eigenvalue weighted by Crippen LogP contribution is -2.48. The molecule has 2 aromatic heterocycles. The lowest BCUT2D eigenvalue weighted by molar-refractivity contribution is 0.163. The van der Waals surface area contributed by atoms with Crippen LogP contribution in [0.25, 0.3) is 17.1 Å². The van der Waals surface area contributed by atoms with E-state index in [1.54, 1.807) is 10.9 Å². The van der Waals surface area contributed by atoms with Gasteiger partial charge in [0, 0.05) is 31.7 Å². The van der Waals surface area contributed by atoms with Crippen LogP contribution in [0.5, 0.6) is 0 Å². The molecule has 0 amide bonds. The molecule has 3 heterocycles. The molecule has 1 aliphatic rings. The molecule has 0 bridgehead atoms. The quantitative estimate of drug-likeness (QED) is 0.433. The maximum atomic E-state index is 13.1. The lowest BCUT2D eigenvalue weighted by Gasteiger charge is -2.32. The van der Waals surface area contributed by atoms with Crippen LogP contribution in [0.1, 0.15) is 11.5 Å². The molecule has 4 aromatic rings. The van der Waals surface area contributed by atoms with Crippen molar-refractivity contribution in [3.05, 3.63) is 78.4 Å². The van der Waals surface area contributed by atoms with Crippen LogP contribution in [-0.2, 0) is 16.6 Å². The van der Waals surface area contributed by atoms with Crippen molar-refractivity contribution in [3.63, 3.8) is 0 Å². The summed E-state index contributed by atoms with van der Waals surface area (Å²) in [6.07, 6.45) is 2.96. The van der Waals surface area contributed by atoms with Crippen LogP contribution in [-0.4, -0.2) is 63.7 Å². The van der Waals surface area contributed by atoms with Crippen molar-refractivity contribution in [2.45, 2.75) is 18.4 Å². The fraction of sp³-hybridized carbons (Fsp3) is 0.261. The van der Waals surface area contributed by atoms with Crippen molar-refractivity contribution in [2.75, 3.05) is 26.2 Å². The highest BCUT2D eigenvalue weighted by molar-refractivity contribution is 7.89. The van der Waals surface area contributed by atoms with Crippen LogP contribution < -0.4 is 0 Å². The summed E-state index contributed by atoms with van der Waals surface area (Å²) in [6.45, 7) is 4.44. The largest absolute Gasteiger partial charge is 0.338 e. The SMILES string of the molecule is Cc1ccc(-c2noc(CN3CCN(S(=O)(=O)c4cnn(-c5ccccc5)c4)CC3)n2)cc1. The van der Waals surface area contributed by atoms with E-state index in [9.17, 15) is 8.42 Å². The molecule has 10 heteroatoms. The van der Waals surface area contributed by atoms with Crippen LogP contribution in [0.3, 0.4) is 0 Å². The Hall–Kier alpha value is -3.34. The highest BCUT2D eigenvalue weighted by atomic mass is 32.2. The second kappa shape index (κ2) is 8.89. The number of para-hydroxylation sites is 1. The second-order valence-electron chi connectivity index (χ2n) is 8.01. The van der Waals surface area contributed by atoms with Gasteiger partial charge in [-0.15, -0.1) is 0 Å². The number of benzene rings is 2. The van der Waals surface area contributed by atoms with Gasteiger partial charge in [0.05, 0.1) is 24.6 Å². The molecule has 5 rings (SSSR count). The van der Waals surface area contributed by atoms with Gasteiger partial charge in [0.15, 0.2) is 0 Å². The van der Waals surface area contributed by atoms with Crippen molar-refractivity contribution < 1.29 is 12.9 Å². The molecule has 0 aliphatic carbocycles. The number of aromatic nitrogens is 4. The van der Waals surface area contributed by atoms with E-state index in [0.717, 1.165) is 11.3 Å². The molecule has 0 unspecified atom stereocenters. The summed E-state index contributed by atoms with van der Waals surface area (Å²) < 4.78 is 34.7. The summed E-state index contributed by atoms with van der Waals surface area (Å²) in [7, 11) is -3.61. The van der Waals surface area contributed by atoms with Crippen LogP contribution in [0.2, 0.25) is 0 Å². The summed E-state index contributed by atoms with van der Waals surface area (Å²) in [5.74, 6) is 1.08. The molecule has 1 saturated heterocycles. The van der Waals surface area contributed by atoms with Gasteiger partial charge < -0.3 is 4.52 Å². The molecule has 33 heavy (non-hydrogen) atoms. The first-order chi connectivity index (χ1) is 16.0. The Balaban J connectivity index is 1.20. The first-order valence-electron chi connectivity index (χ1n) is 10.7. The number of aryl methyl sites for hydroxylation is 1. The molecule has 0 radical (unpaired) electrons. The molecule has 170 valence electrons. The number of hydrogen-bond donors (Lipinski definition) is 0. The molecule has 1 aliphatic heterocycles. The molecule has 0 spiro atoms. The average molecular weight is 465 g/mol. The maximum Gasteiger partial charge on any atom is 0.246 e. The standard InChI is InChI=1S/C23H24N6O3S/c1-18-7-9-19(10-8-18)23-25-22(32-26-23)17-27-11-13-28(14-12-27)33(30,31)21-15-24-29(16-21)20-5-3-2-4-6-20/h2-10,15-16H,11-14,17H2,1H3. The summed E-state index contributed by atoms with van der Waals surface area (Å²) in [5.41, 5.74) is 2.89. The van der Waals surface area contributed by atoms with E-state index in [1.165, 1.54) is 16.1 Å². The fourth-order valence-corrected chi connectivity index (χ4v) is 5.12. The van der Waals surface area contributed by atoms with Gasteiger partial charge in [0.2, 0.25) is 21.7 Å². The molecular formula is C23H24N6O3S. The van der Waals surface area contributed by atoms with Crippen molar-refractivity contribution in [1.29, 1.82) is 0 Å². The molecular weight excluding hydrogens is 440 g/mol. The van der Waals surface area contributed by atoms with Gasteiger partial charge in [-0.25, -0.2) is 13.1 Å². The van der Waals surface area contributed by atoms with Gasteiger partial charge in [-0.1, -0.05) is 53.2 Å². The Morgan fingerprint density at radius 1 is 0.970 bits per heavy atom. The normalized spacial score (nSPS) is 15.7. The van der Waals surface area contributed by atoms with Gasteiger partial charge >= 0.3 is 0 Å². The minimum atomic E-state index is -3.61. The summed E-state index contributed by atoms with van der Waals surface area (Å²) in [6, 6.07) is 17.4. The van der Waals surface area contributed by atoms with Crippen molar-refractivity contribution >= 4 is 10.0 Å². The third kappa shape index (κ3) is 4.58. The Kier molecular flexibility index (Phi) is 5.79. The summed E-state index contributed by atoms with van der Waals surface area (Å²) in [5, 5.41) is 8.30. The highest BCUT2D eigenvalue weighted by Gasteiger charge is 2.30. The Morgan fingerprint density at radius 2 is 1.70 bits per heavy atom. The van der Waals surface area contributed by atoms with Crippen LogP contribution >= 0.6 is 0 Å². The monoisotopic (exact) mass is 464 g/mol. The molecule has 9 nitrogen and oxygen atoms in total. The van der Waals surface area contributed by atoms with Crippen LogP contribution in [0, 0.1) is 6.92 Å². The molecule has 1 fully saturated rings. The van der Waals surface area contributed by atoms with E-state index in [4.69, 9.17) is 4.52 Å². The average Bonchev–Trinajstić information content (AvgIpc) is 3.51. The van der Waals surface area contributed by atoms with E-state index in [0.29, 0.717) is 44.4 Å². The van der Waals surface area contributed by atoms with Gasteiger partial charge in [0.1, 0.15) is 4.90 Å². The second-order valence-corrected chi connectivity index (χ2v) is 9.95. The Labute approximate surface area is 192 Å². The lowest BCUT2D eigenvalue weighted by atomic mass is 10.1. The van der Waals surface area contributed by atoms with E-state index in [-0.39, 0.29) is 4.90 Å². The summed E-state index contributed by atoms with van der Waals surface area (Å²) in [4.78, 5) is 6.80. The molecule has 0 saturated carbocycles. The van der Waals surface area contributed by atoms with Crippen molar-refractivity contribution in [2.24, 2.45) is 0 Å². The maximum absolute atomic E-state index is 13.1. The topological polar surface area (TPSA) is 97.4 Å². The predicted molar refractivity (Wildman–Crippen MR) is 122 cm³/mol. The minimum absolute atomic E-state index is 0.194. The minimum Gasteiger partial charge on any atom is -0.338 e. The summed E-state index contributed by atoms with van der Waals surface area (Å²) >= 11 is 0. The van der Waals surface area contributed by atoms with Crippen molar-refractivity contribution in [1.82, 2.24) is 29.1 Å². The van der Waals surface area contributed by atoms with E-state index >= 15 is 0 Å². The van der Waals surface area contributed by atoms with E-state index < -0.39 is 10.0 Å². The zero-order valence-electron chi connectivity index (χ0n) is 18.2. The van der Waals surface area contributed by atoms with Crippen molar-refractivity contribution in [3.8, 4) is 17.1 Å². The number of sulfonamides is 1. The smallest absolute Gasteiger partial charge is 0.246 e. The zero-order chi connectivity index (χ0) is 22.8. The number of piperazine rings is 1. The molecule has 0 N–H and O–H groups in total. The predicted octanol–water partition coefficient (Wildman–Crippen LogP) is 2.74. The fourth-order valence-electron chi connectivity index (χ4n) is 3.77.